The van der Waals surface area contributed by atoms with Crippen LogP contribution in [0.4, 0.5) is 0 Å². The Hall–Kier alpha value is -2.20. The van der Waals surface area contributed by atoms with Crippen LogP contribution in [0.1, 0.15) is 47.0 Å². The minimum atomic E-state index is -1.74. The summed E-state index contributed by atoms with van der Waals surface area (Å²) >= 11 is 0. The van der Waals surface area contributed by atoms with Gasteiger partial charge in [0.1, 0.15) is 0 Å². The van der Waals surface area contributed by atoms with Crippen LogP contribution in [0.25, 0.3) is 0 Å². The van der Waals surface area contributed by atoms with Gasteiger partial charge in [-0.2, -0.15) is 0 Å². The lowest BCUT2D eigenvalue weighted by molar-refractivity contribution is -0.138. The van der Waals surface area contributed by atoms with Crippen LogP contribution in [0.15, 0.2) is 0 Å². The number of primary amides is 2. The third kappa shape index (κ3) is 8.83. The molecule has 8 N–H and O–H groups in total. The molecule has 0 aliphatic rings. The number of nitrogens with one attached hydrogen (secondary N) is 2. The van der Waals surface area contributed by atoms with Crippen molar-refractivity contribution < 1.29 is 29.4 Å². The number of rotatable bonds is 12. The molecule has 27 heavy (non-hydrogen) atoms. The number of carbonyl (C=O) groups excluding carboxylic acids is 4. The van der Waals surface area contributed by atoms with E-state index in [0.717, 1.165) is 0 Å². The molecule has 0 radical (unpaired) electrons. The first-order chi connectivity index (χ1) is 12.4. The van der Waals surface area contributed by atoms with E-state index in [-0.39, 0.29) is 12.8 Å². The quantitative estimate of drug-likeness (QED) is 0.222. The van der Waals surface area contributed by atoms with Gasteiger partial charge in [0.2, 0.25) is 23.6 Å². The van der Waals surface area contributed by atoms with E-state index in [1.165, 1.54) is 0 Å². The van der Waals surface area contributed by atoms with E-state index in [2.05, 4.69) is 10.6 Å². The first-order valence-electron chi connectivity index (χ1n) is 8.96. The van der Waals surface area contributed by atoms with Gasteiger partial charge in [-0.1, -0.05) is 27.7 Å². The Morgan fingerprint density at radius 3 is 1.52 bits per heavy atom. The largest absolute Gasteiger partial charge is 0.369 e. The molecule has 0 saturated carbocycles. The third-order valence-electron chi connectivity index (χ3n) is 4.50. The minimum absolute atomic E-state index is 0.179. The molecule has 0 aliphatic heterocycles. The molecule has 4 amide bonds. The molecule has 0 fully saturated rings. The molecular formula is C17H32N4O6. The van der Waals surface area contributed by atoms with Gasteiger partial charge in [-0.25, -0.2) is 0 Å². The number of aliphatic hydroxyl groups is 2. The Morgan fingerprint density at radius 1 is 0.778 bits per heavy atom. The average Bonchev–Trinajstić information content (AvgIpc) is 2.58. The maximum absolute atomic E-state index is 12.1. The zero-order valence-electron chi connectivity index (χ0n) is 16.3. The van der Waals surface area contributed by atoms with Gasteiger partial charge in [0.05, 0.1) is 0 Å². The monoisotopic (exact) mass is 388 g/mol. The highest BCUT2D eigenvalue weighted by atomic mass is 16.4. The Bertz CT molecular complexity index is 542. The van der Waals surface area contributed by atoms with E-state index in [0.29, 0.717) is 6.42 Å². The van der Waals surface area contributed by atoms with Crippen molar-refractivity contribution >= 4 is 23.6 Å². The van der Waals surface area contributed by atoms with E-state index in [9.17, 15) is 29.4 Å². The Morgan fingerprint density at radius 2 is 1.19 bits per heavy atom. The van der Waals surface area contributed by atoms with Gasteiger partial charge in [-0.3, -0.25) is 19.2 Å². The summed E-state index contributed by atoms with van der Waals surface area (Å²) in [6, 6.07) is 0. The second kappa shape index (κ2) is 11.5. The molecule has 0 aromatic carbocycles. The summed E-state index contributed by atoms with van der Waals surface area (Å²) in [4.78, 5) is 46.4. The van der Waals surface area contributed by atoms with E-state index in [1.807, 2.05) is 0 Å². The molecule has 10 heteroatoms. The molecule has 6 atom stereocenters. The highest BCUT2D eigenvalue weighted by molar-refractivity contribution is 5.82. The summed E-state index contributed by atoms with van der Waals surface area (Å²) in [5, 5.41) is 24.1. The zero-order chi connectivity index (χ0) is 21.3. The minimum Gasteiger partial charge on any atom is -0.369 e. The van der Waals surface area contributed by atoms with Crippen LogP contribution in [-0.2, 0) is 19.2 Å². The molecule has 0 heterocycles. The van der Waals surface area contributed by atoms with Crippen LogP contribution in [0, 0.1) is 23.7 Å². The molecule has 0 aliphatic carbocycles. The highest BCUT2D eigenvalue weighted by Gasteiger charge is 2.27. The summed E-state index contributed by atoms with van der Waals surface area (Å²) in [6.07, 6.45) is -2.61. The van der Waals surface area contributed by atoms with Crippen LogP contribution in [0.3, 0.4) is 0 Å². The molecular weight excluding hydrogens is 356 g/mol. The van der Waals surface area contributed by atoms with E-state index in [1.54, 1.807) is 27.7 Å². The van der Waals surface area contributed by atoms with Crippen molar-refractivity contribution in [3.8, 4) is 0 Å². The molecule has 0 aromatic rings. The molecule has 10 nitrogen and oxygen atoms in total. The fourth-order valence-corrected chi connectivity index (χ4v) is 2.51. The van der Waals surface area contributed by atoms with Crippen molar-refractivity contribution in [1.29, 1.82) is 0 Å². The fraction of sp³-hybridized carbons (Fsp3) is 0.765. The lowest BCUT2D eigenvalue weighted by atomic mass is 9.92. The summed E-state index contributed by atoms with van der Waals surface area (Å²) in [5.41, 5.74) is 10.4. The van der Waals surface area contributed by atoms with Gasteiger partial charge in [0.15, 0.2) is 12.5 Å². The van der Waals surface area contributed by atoms with Crippen LogP contribution in [-0.4, -0.2) is 46.3 Å². The Balaban J connectivity index is 4.57. The molecule has 0 bridgehead atoms. The first kappa shape index (κ1) is 24.8. The Labute approximate surface area is 159 Å². The number of carbonyl (C=O) groups is 4. The van der Waals surface area contributed by atoms with Gasteiger partial charge in [0.25, 0.3) is 0 Å². The van der Waals surface area contributed by atoms with Gasteiger partial charge in [0, 0.05) is 23.7 Å². The van der Waals surface area contributed by atoms with Crippen molar-refractivity contribution in [3.63, 3.8) is 0 Å². The number of aliphatic hydroxyl groups excluding tert-OH is 2. The van der Waals surface area contributed by atoms with Crippen molar-refractivity contribution in [2.75, 3.05) is 0 Å². The number of hydrogen-bond acceptors (Lipinski definition) is 6. The first-order valence-corrected chi connectivity index (χ1v) is 8.96. The highest BCUT2D eigenvalue weighted by Crippen LogP contribution is 2.16. The number of nitrogens with two attached hydrogens (primary N) is 2. The molecule has 0 saturated heterocycles. The average molecular weight is 388 g/mol. The molecule has 156 valence electrons. The van der Waals surface area contributed by atoms with Crippen molar-refractivity contribution in [1.82, 2.24) is 10.6 Å². The lowest BCUT2D eigenvalue weighted by Gasteiger charge is -2.24. The van der Waals surface area contributed by atoms with Crippen LogP contribution in [0.2, 0.25) is 0 Å². The number of hydrogen-bond donors (Lipinski definition) is 6. The Kier molecular flexibility index (Phi) is 10.6. The zero-order valence-corrected chi connectivity index (χ0v) is 16.3. The van der Waals surface area contributed by atoms with Gasteiger partial charge >= 0.3 is 0 Å². The van der Waals surface area contributed by atoms with Gasteiger partial charge in [-0.05, 0) is 19.3 Å². The van der Waals surface area contributed by atoms with Crippen molar-refractivity contribution in [2.24, 2.45) is 35.1 Å². The van der Waals surface area contributed by atoms with Crippen molar-refractivity contribution in [2.45, 2.75) is 59.4 Å². The van der Waals surface area contributed by atoms with Gasteiger partial charge < -0.3 is 32.3 Å². The van der Waals surface area contributed by atoms with E-state index < -0.39 is 59.8 Å². The molecule has 0 rings (SSSR count). The molecule has 0 spiro atoms. The smallest absolute Gasteiger partial charge is 0.224 e. The van der Waals surface area contributed by atoms with Crippen LogP contribution < -0.4 is 22.1 Å². The topological polar surface area (TPSA) is 185 Å². The van der Waals surface area contributed by atoms with Crippen LogP contribution >= 0.6 is 0 Å². The van der Waals surface area contributed by atoms with E-state index in [4.69, 9.17) is 11.5 Å². The van der Waals surface area contributed by atoms with E-state index >= 15 is 0 Å². The summed E-state index contributed by atoms with van der Waals surface area (Å²) < 4.78 is 0. The van der Waals surface area contributed by atoms with Crippen LogP contribution in [0.5, 0.6) is 0 Å². The summed E-state index contributed by atoms with van der Waals surface area (Å²) in [6.45, 7) is 6.46. The molecule has 6 unspecified atom stereocenters. The number of amides is 4. The van der Waals surface area contributed by atoms with Gasteiger partial charge in [-0.15, -0.1) is 0 Å². The summed E-state index contributed by atoms with van der Waals surface area (Å²) in [5.74, 6) is -4.50. The second-order valence-corrected chi connectivity index (χ2v) is 6.99. The predicted molar refractivity (Wildman–Crippen MR) is 97.2 cm³/mol. The van der Waals surface area contributed by atoms with Crippen molar-refractivity contribution in [3.05, 3.63) is 0 Å². The second-order valence-electron chi connectivity index (χ2n) is 6.99. The fourth-order valence-electron chi connectivity index (χ4n) is 2.51. The standard InChI is InChI=1S/C17H32N4O6/c1-5-11(13(19)23)7-10(4)15(25)21-17(27)16(26)20-14(24)9(3)6-8(2)12(18)22/h8-11,16-17,26-27H,5-7H2,1-4H3,(H2,18,22)(H2,19,23)(H,20,24)(H,21,25). The molecule has 0 aromatic heterocycles. The summed E-state index contributed by atoms with van der Waals surface area (Å²) in [7, 11) is 0. The normalized spacial score (nSPS) is 17.7. The predicted octanol–water partition coefficient (Wildman–Crippen LogP) is -1.46. The maximum Gasteiger partial charge on any atom is 0.224 e. The third-order valence-corrected chi connectivity index (χ3v) is 4.50. The maximum atomic E-state index is 12.1. The SMILES string of the molecule is CCC(CC(C)C(=O)NC(O)C(O)NC(=O)C(C)CC(C)C(N)=O)C(N)=O. The lowest BCUT2D eigenvalue weighted by Crippen LogP contribution is -2.53.